The minimum atomic E-state index is -0.601. The molecule has 1 heterocycles. The van der Waals surface area contributed by atoms with E-state index in [9.17, 15) is 19.2 Å². The maximum absolute atomic E-state index is 12.2. The van der Waals surface area contributed by atoms with Gasteiger partial charge in [-0.3, -0.25) is 34.9 Å². The highest BCUT2D eigenvalue weighted by molar-refractivity contribution is 6.21. The van der Waals surface area contributed by atoms with Crippen LogP contribution in [0.15, 0.2) is 48.5 Å². The summed E-state index contributed by atoms with van der Waals surface area (Å²) in [6.07, 6.45) is 0.255. The Morgan fingerprint density at radius 2 is 1.53 bits per heavy atom. The lowest BCUT2D eigenvalue weighted by Crippen LogP contribution is -2.44. The van der Waals surface area contributed by atoms with Gasteiger partial charge in [0.05, 0.1) is 16.7 Å². The first-order valence-corrected chi connectivity index (χ1v) is 9.16. The van der Waals surface area contributed by atoms with Gasteiger partial charge >= 0.3 is 0 Å². The molecule has 0 saturated carbocycles. The molecule has 4 amide bonds. The monoisotopic (exact) mass is 406 g/mol. The summed E-state index contributed by atoms with van der Waals surface area (Å²) in [7, 11) is 0. The maximum Gasteiger partial charge on any atom is 0.276 e. The van der Waals surface area contributed by atoms with E-state index in [1.165, 1.54) is 0 Å². The minimum absolute atomic E-state index is 0.00576. The molecule has 0 atom stereocenters. The number of imide groups is 1. The topological polar surface area (TPSA) is 129 Å². The predicted octanol–water partition coefficient (Wildman–Crippen LogP) is 1.16. The molecule has 3 rings (SSSR count). The first-order chi connectivity index (χ1) is 14.5. The number of nitrogens with zero attached hydrogens (tertiary/aromatic N) is 2. The number of para-hydroxylation sites is 1. The number of nitrogens with one attached hydrogen (secondary N) is 2. The summed E-state index contributed by atoms with van der Waals surface area (Å²) in [5.74, 6) is -1.56. The van der Waals surface area contributed by atoms with E-state index in [4.69, 9.17) is 10.00 Å². The van der Waals surface area contributed by atoms with Crippen LogP contribution in [0, 0.1) is 11.3 Å². The van der Waals surface area contributed by atoms with Gasteiger partial charge in [0, 0.05) is 13.0 Å². The third-order valence-corrected chi connectivity index (χ3v) is 4.37. The Kier molecular flexibility index (Phi) is 6.39. The molecule has 9 nitrogen and oxygen atoms in total. The van der Waals surface area contributed by atoms with Gasteiger partial charge in [0.2, 0.25) is 5.91 Å². The predicted molar refractivity (Wildman–Crippen MR) is 104 cm³/mol. The van der Waals surface area contributed by atoms with E-state index in [2.05, 4.69) is 10.9 Å². The molecule has 1 aliphatic heterocycles. The van der Waals surface area contributed by atoms with Crippen molar-refractivity contribution in [1.29, 1.82) is 5.26 Å². The summed E-state index contributed by atoms with van der Waals surface area (Å²) in [6.45, 7) is -0.282. The second-order valence-electron chi connectivity index (χ2n) is 6.40. The Morgan fingerprint density at radius 1 is 0.933 bits per heavy atom. The lowest BCUT2D eigenvalue weighted by atomic mass is 10.1. The van der Waals surface area contributed by atoms with Gasteiger partial charge in [0.25, 0.3) is 17.7 Å². The average molecular weight is 406 g/mol. The average Bonchev–Trinajstić information content (AvgIpc) is 3.01. The molecule has 0 fully saturated rings. The fourth-order valence-electron chi connectivity index (χ4n) is 2.91. The van der Waals surface area contributed by atoms with Crippen molar-refractivity contribution in [2.24, 2.45) is 0 Å². The van der Waals surface area contributed by atoms with Gasteiger partial charge in [0.15, 0.2) is 6.61 Å². The summed E-state index contributed by atoms with van der Waals surface area (Å²) in [6, 6.07) is 15.0. The summed E-state index contributed by atoms with van der Waals surface area (Å²) in [5, 5.41) is 8.97. The zero-order valence-corrected chi connectivity index (χ0v) is 15.9. The lowest BCUT2D eigenvalue weighted by molar-refractivity contribution is -0.130. The molecule has 0 bridgehead atoms. The summed E-state index contributed by atoms with van der Waals surface area (Å²) in [5.41, 5.74) is 5.46. The van der Waals surface area contributed by atoms with Crippen LogP contribution < -0.4 is 15.6 Å². The normalized spacial score (nSPS) is 12.2. The number of benzene rings is 2. The molecule has 1 aliphatic rings. The number of amides is 4. The molecule has 152 valence electrons. The van der Waals surface area contributed by atoms with Crippen LogP contribution in [-0.2, 0) is 9.59 Å². The lowest BCUT2D eigenvalue weighted by Gasteiger charge is -2.13. The van der Waals surface area contributed by atoms with Crippen molar-refractivity contribution in [2.75, 3.05) is 13.2 Å². The molecule has 0 saturated heterocycles. The number of hydrogen-bond donors (Lipinski definition) is 2. The van der Waals surface area contributed by atoms with Crippen LogP contribution in [0.25, 0.3) is 0 Å². The molecule has 0 aliphatic carbocycles. The van der Waals surface area contributed by atoms with Crippen molar-refractivity contribution < 1.29 is 23.9 Å². The molecule has 0 unspecified atom stereocenters. The van der Waals surface area contributed by atoms with Gasteiger partial charge in [-0.25, -0.2) is 0 Å². The molecule has 2 aromatic rings. The summed E-state index contributed by atoms with van der Waals surface area (Å²) in [4.78, 5) is 49.3. The van der Waals surface area contributed by atoms with Crippen molar-refractivity contribution in [1.82, 2.24) is 15.8 Å². The number of hydrogen-bond acceptors (Lipinski definition) is 6. The fraction of sp³-hybridized carbons (Fsp3) is 0.190. The highest BCUT2D eigenvalue weighted by Crippen LogP contribution is 2.22. The van der Waals surface area contributed by atoms with Crippen molar-refractivity contribution in [3.05, 3.63) is 65.2 Å². The molecule has 2 N–H and O–H groups in total. The number of nitriles is 1. The van der Waals surface area contributed by atoms with Crippen molar-refractivity contribution in [3.63, 3.8) is 0 Å². The Labute approximate surface area is 172 Å². The standard InChI is InChI=1S/C21H18N4O5/c22-12-14-6-1-4-9-17(14)30-13-19(27)24-23-18(26)10-5-11-25-20(28)15-7-2-3-8-16(15)21(25)29/h1-4,6-9H,5,10-11,13H2,(H,23,26)(H,24,27). The number of ether oxygens (including phenoxy) is 1. The van der Waals surface area contributed by atoms with E-state index in [-0.39, 0.29) is 43.6 Å². The van der Waals surface area contributed by atoms with E-state index >= 15 is 0 Å². The van der Waals surface area contributed by atoms with Gasteiger partial charge in [-0.15, -0.1) is 0 Å². The number of hydrazine groups is 1. The third kappa shape index (κ3) is 4.62. The third-order valence-electron chi connectivity index (χ3n) is 4.37. The zero-order chi connectivity index (χ0) is 21.5. The van der Waals surface area contributed by atoms with Crippen LogP contribution in [0.3, 0.4) is 0 Å². The number of fused-ring (bicyclic) bond motifs is 1. The largest absolute Gasteiger partial charge is 0.482 e. The second kappa shape index (κ2) is 9.34. The SMILES string of the molecule is N#Cc1ccccc1OCC(=O)NNC(=O)CCCN1C(=O)c2ccccc2C1=O. The van der Waals surface area contributed by atoms with Crippen molar-refractivity contribution >= 4 is 23.6 Å². The second-order valence-corrected chi connectivity index (χ2v) is 6.40. The van der Waals surface area contributed by atoms with E-state index < -0.39 is 11.8 Å². The smallest absolute Gasteiger partial charge is 0.276 e. The Hall–Kier alpha value is -4.19. The summed E-state index contributed by atoms with van der Waals surface area (Å²) < 4.78 is 5.26. The molecule has 2 aromatic carbocycles. The highest BCUT2D eigenvalue weighted by Gasteiger charge is 2.34. The van der Waals surface area contributed by atoms with E-state index in [0.717, 1.165) is 4.90 Å². The van der Waals surface area contributed by atoms with E-state index in [0.29, 0.717) is 16.7 Å². The first-order valence-electron chi connectivity index (χ1n) is 9.16. The van der Waals surface area contributed by atoms with E-state index in [1.807, 2.05) is 6.07 Å². The Balaban J connectivity index is 1.37. The highest BCUT2D eigenvalue weighted by atomic mass is 16.5. The Morgan fingerprint density at radius 3 is 2.20 bits per heavy atom. The summed E-state index contributed by atoms with van der Waals surface area (Å²) >= 11 is 0. The van der Waals surface area contributed by atoms with Gasteiger partial charge in [-0.1, -0.05) is 24.3 Å². The van der Waals surface area contributed by atoms with Crippen LogP contribution in [0.4, 0.5) is 0 Å². The number of carbonyl (C=O) groups is 4. The Bertz CT molecular complexity index is 1010. The minimum Gasteiger partial charge on any atom is -0.482 e. The van der Waals surface area contributed by atoms with Gasteiger partial charge in [-0.05, 0) is 30.7 Å². The van der Waals surface area contributed by atoms with Gasteiger partial charge in [-0.2, -0.15) is 5.26 Å². The van der Waals surface area contributed by atoms with Gasteiger partial charge in [0.1, 0.15) is 11.8 Å². The van der Waals surface area contributed by atoms with Crippen LogP contribution >= 0.6 is 0 Å². The van der Waals surface area contributed by atoms with Crippen molar-refractivity contribution in [2.45, 2.75) is 12.8 Å². The van der Waals surface area contributed by atoms with Crippen LogP contribution in [0.1, 0.15) is 39.1 Å². The fourth-order valence-corrected chi connectivity index (χ4v) is 2.91. The molecule has 0 aromatic heterocycles. The van der Waals surface area contributed by atoms with Crippen LogP contribution in [0.2, 0.25) is 0 Å². The first kappa shape index (κ1) is 20.5. The zero-order valence-electron chi connectivity index (χ0n) is 15.9. The number of carbonyl (C=O) groups excluding carboxylic acids is 4. The molecular weight excluding hydrogens is 388 g/mol. The van der Waals surface area contributed by atoms with E-state index in [1.54, 1.807) is 48.5 Å². The maximum atomic E-state index is 12.2. The van der Waals surface area contributed by atoms with Gasteiger partial charge < -0.3 is 4.74 Å². The van der Waals surface area contributed by atoms with Crippen LogP contribution in [-0.4, -0.2) is 41.7 Å². The molecule has 30 heavy (non-hydrogen) atoms. The molecule has 9 heteroatoms. The molecule has 0 radical (unpaired) electrons. The molecule has 0 spiro atoms. The number of rotatable bonds is 7. The quantitative estimate of drug-likeness (QED) is 0.524. The van der Waals surface area contributed by atoms with Crippen molar-refractivity contribution in [3.8, 4) is 11.8 Å². The molecular formula is C21H18N4O5. The van der Waals surface area contributed by atoms with Crippen LogP contribution in [0.5, 0.6) is 5.75 Å².